The van der Waals surface area contributed by atoms with Crippen LogP contribution in [-0.2, 0) is 4.79 Å². The summed E-state index contributed by atoms with van der Waals surface area (Å²) in [5.41, 5.74) is 0.888. The number of nitrogens with zero attached hydrogens (tertiary/aromatic N) is 2. The van der Waals surface area contributed by atoms with Crippen molar-refractivity contribution in [3.63, 3.8) is 0 Å². The fraction of sp³-hybridized carbons (Fsp3) is 0.308. The molecule has 0 saturated carbocycles. The minimum atomic E-state index is -0.287. The summed E-state index contributed by atoms with van der Waals surface area (Å²) in [6.07, 6.45) is 0.792. The number of hydrazine groups is 1. The van der Waals surface area contributed by atoms with Crippen LogP contribution in [0.3, 0.4) is 0 Å². The Morgan fingerprint density at radius 2 is 1.33 bits per heavy atom. The standard InChI is InChI=1S/C13H12N2O3/c16-9-5-7-14(8-6-9)15-12(17)10-3-1-2-4-11(10)13(15)18/h1-4H,5-8H2. The number of ketones is 1. The number of carbonyl (C=O) groups is 3. The lowest BCUT2D eigenvalue weighted by Crippen LogP contribution is -2.50. The third-order valence-corrected chi connectivity index (χ3v) is 3.35. The molecule has 18 heavy (non-hydrogen) atoms. The zero-order chi connectivity index (χ0) is 12.7. The number of hydrogen-bond donors (Lipinski definition) is 0. The van der Waals surface area contributed by atoms with Crippen LogP contribution in [0.2, 0.25) is 0 Å². The number of hydrogen-bond acceptors (Lipinski definition) is 4. The van der Waals surface area contributed by atoms with E-state index in [0.29, 0.717) is 37.1 Å². The van der Waals surface area contributed by atoms with Crippen molar-refractivity contribution >= 4 is 17.6 Å². The third-order valence-electron chi connectivity index (χ3n) is 3.35. The first-order chi connectivity index (χ1) is 8.68. The van der Waals surface area contributed by atoms with Crippen molar-refractivity contribution in [2.45, 2.75) is 12.8 Å². The van der Waals surface area contributed by atoms with Crippen molar-refractivity contribution in [1.82, 2.24) is 10.0 Å². The van der Waals surface area contributed by atoms with Crippen LogP contribution in [0.15, 0.2) is 24.3 Å². The first-order valence-corrected chi connectivity index (χ1v) is 5.93. The summed E-state index contributed by atoms with van der Waals surface area (Å²) in [6.45, 7) is 0.870. The lowest BCUT2D eigenvalue weighted by atomic mass is 10.1. The minimum absolute atomic E-state index is 0.183. The molecule has 5 nitrogen and oxygen atoms in total. The monoisotopic (exact) mass is 244 g/mol. The van der Waals surface area contributed by atoms with Crippen molar-refractivity contribution in [3.8, 4) is 0 Å². The van der Waals surface area contributed by atoms with Crippen LogP contribution < -0.4 is 0 Å². The highest BCUT2D eigenvalue weighted by molar-refractivity contribution is 6.21. The highest BCUT2D eigenvalue weighted by Gasteiger charge is 2.39. The van der Waals surface area contributed by atoms with Crippen LogP contribution in [0.25, 0.3) is 0 Å². The predicted octanol–water partition coefficient (Wildman–Crippen LogP) is 0.863. The van der Waals surface area contributed by atoms with E-state index in [4.69, 9.17) is 0 Å². The molecule has 1 saturated heterocycles. The van der Waals surface area contributed by atoms with Gasteiger partial charge in [-0.2, -0.15) is 0 Å². The number of Topliss-reactive ketones (excluding diaryl/α,β-unsaturated/α-hetero) is 1. The molecule has 2 heterocycles. The average Bonchev–Trinajstić information content (AvgIpc) is 2.64. The molecule has 0 bridgehead atoms. The zero-order valence-corrected chi connectivity index (χ0v) is 9.76. The van der Waals surface area contributed by atoms with Gasteiger partial charge in [0.25, 0.3) is 11.8 Å². The van der Waals surface area contributed by atoms with Gasteiger partial charge in [0.1, 0.15) is 5.78 Å². The second-order valence-electron chi connectivity index (χ2n) is 4.46. The highest BCUT2D eigenvalue weighted by Crippen LogP contribution is 2.25. The number of fused-ring (bicyclic) bond motifs is 1. The maximum absolute atomic E-state index is 12.2. The molecule has 5 heteroatoms. The van der Waals surface area contributed by atoms with E-state index >= 15 is 0 Å². The molecule has 0 unspecified atom stereocenters. The fourth-order valence-corrected chi connectivity index (χ4v) is 2.38. The predicted molar refractivity (Wildman–Crippen MR) is 62.8 cm³/mol. The maximum Gasteiger partial charge on any atom is 0.276 e. The Kier molecular flexibility index (Phi) is 2.48. The Morgan fingerprint density at radius 3 is 1.83 bits per heavy atom. The van der Waals surface area contributed by atoms with Crippen molar-refractivity contribution in [1.29, 1.82) is 0 Å². The lowest BCUT2D eigenvalue weighted by Gasteiger charge is -2.32. The number of carbonyl (C=O) groups excluding carboxylic acids is 3. The van der Waals surface area contributed by atoms with Crippen LogP contribution in [0.5, 0.6) is 0 Å². The summed E-state index contributed by atoms with van der Waals surface area (Å²) in [5.74, 6) is -0.391. The molecule has 0 spiro atoms. The van der Waals surface area contributed by atoms with Gasteiger partial charge in [-0.3, -0.25) is 14.4 Å². The molecular formula is C13H12N2O3. The minimum Gasteiger partial charge on any atom is -0.300 e. The van der Waals surface area contributed by atoms with Gasteiger partial charge < -0.3 is 0 Å². The van der Waals surface area contributed by atoms with Crippen molar-refractivity contribution in [2.75, 3.05) is 13.1 Å². The fourth-order valence-electron chi connectivity index (χ4n) is 2.38. The lowest BCUT2D eigenvalue weighted by molar-refractivity contribution is -0.124. The molecule has 0 radical (unpaired) electrons. The highest BCUT2D eigenvalue weighted by atomic mass is 16.2. The van der Waals surface area contributed by atoms with Gasteiger partial charge in [0.2, 0.25) is 0 Å². The Bertz CT molecular complexity index is 508. The van der Waals surface area contributed by atoms with Gasteiger partial charge in [-0.15, -0.1) is 0 Å². The SMILES string of the molecule is O=C1CCN(N2C(=O)c3ccccc3C2=O)CC1. The van der Waals surface area contributed by atoms with E-state index in [1.807, 2.05) is 0 Å². The third kappa shape index (κ3) is 1.55. The van der Waals surface area contributed by atoms with Crippen LogP contribution in [0.4, 0.5) is 0 Å². The smallest absolute Gasteiger partial charge is 0.276 e. The van der Waals surface area contributed by atoms with Crippen LogP contribution in [0.1, 0.15) is 33.6 Å². The largest absolute Gasteiger partial charge is 0.300 e. The second kappa shape index (κ2) is 4.03. The summed E-state index contributed by atoms with van der Waals surface area (Å²) in [5, 5.41) is 2.85. The van der Waals surface area contributed by atoms with E-state index in [1.54, 1.807) is 29.3 Å². The molecule has 3 rings (SSSR count). The van der Waals surface area contributed by atoms with Crippen LogP contribution >= 0.6 is 0 Å². The van der Waals surface area contributed by atoms with E-state index in [-0.39, 0.29) is 17.6 Å². The molecule has 2 amide bonds. The number of rotatable bonds is 1. The molecule has 0 atom stereocenters. The molecule has 1 fully saturated rings. The quantitative estimate of drug-likeness (QED) is 0.688. The normalized spacial score (nSPS) is 20.4. The maximum atomic E-state index is 12.2. The molecule has 0 aliphatic carbocycles. The molecule has 1 aromatic rings. The summed E-state index contributed by atoms with van der Waals surface area (Å²) in [4.78, 5) is 35.5. The average molecular weight is 244 g/mol. The number of benzene rings is 1. The van der Waals surface area contributed by atoms with Crippen molar-refractivity contribution in [3.05, 3.63) is 35.4 Å². The summed E-state index contributed by atoms with van der Waals surface area (Å²) in [6, 6.07) is 6.80. The molecule has 2 aliphatic heterocycles. The van der Waals surface area contributed by atoms with E-state index in [9.17, 15) is 14.4 Å². The van der Waals surface area contributed by atoms with Gasteiger partial charge in [-0.1, -0.05) is 12.1 Å². The summed E-state index contributed by atoms with van der Waals surface area (Å²) in [7, 11) is 0. The molecule has 0 N–H and O–H groups in total. The van der Waals surface area contributed by atoms with Crippen LogP contribution in [0, 0.1) is 0 Å². The second-order valence-corrected chi connectivity index (χ2v) is 4.46. The van der Waals surface area contributed by atoms with Gasteiger partial charge in [-0.05, 0) is 12.1 Å². The van der Waals surface area contributed by atoms with Gasteiger partial charge in [0, 0.05) is 25.9 Å². The molecule has 1 aromatic carbocycles. The number of imide groups is 1. The first kappa shape index (κ1) is 11.1. The topological polar surface area (TPSA) is 57.7 Å². The molecule has 92 valence electrons. The molecule has 0 aromatic heterocycles. The van der Waals surface area contributed by atoms with Gasteiger partial charge in [0.05, 0.1) is 11.1 Å². The van der Waals surface area contributed by atoms with Gasteiger partial charge in [0.15, 0.2) is 0 Å². The Labute approximate surface area is 104 Å². The summed E-state index contributed by atoms with van der Waals surface area (Å²) >= 11 is 0. The number of amides is 2. The Morgan fingerprint density at radius 1 is 0.833 bits per heavy atom. The summed E-state index contributed by atoms with van der Waals surface area (Å²) < 4.78 is 0. The van der Waals surface area contributed by atoms with Crippen LogP contribution in [-0.4, -0.2) is 40.7 Å². The van der Waals surface area contributed by atoms with Gasteiger partial charge >= 0.3 is 0 Å². The number of piperidine rings is 1. The van der Waals surface area contributed by atoms with E-state index in [1.165, 1.54) is 5.01 Å². The van der Waals surface area contributed by atoms with E-state index in [0.717, 1.165) is 0 Å². The molecular weight excluding hydrogens is 232 g/mol. The van der Waals surface area contributed by atoms with E-state index in [2.05, 4.69) is 0 Å². The van der Waals surface area contributed by atoms with Crippen molar-refractivity contribution < 1.29 is 14.4 Å². The Balaban J connectivity index is 1.90. The van der Waals surface area contributed by atoms with Crippen molar-refractivity contribution in [2.24, 2.45) is 0 Å². The first-order valence-electron chi connectivity index (χ1n) is 5.93. The van der Waals surface area contributed by atoms with E-state index < -0.39 is 0 Å². The Hall–Kier alpha value is -2.01. The molecule has 2 aliphatic rings. The zero-order valence-electron chi connectivity index (χ0n) is 9.76. The van der Waals surface area contributed by atoms with Gasteiger partial charge in [-0.25, -0.2) is 10.0 Å².